The van der Waals surface area contributed by atoms with E-state index < -0.39 is 17.7 Å². The van der Waals surface area contributed by atoms with E-state index in [2.05, 4.69) is 0 Å². The fraction of sp³-hybridized carbons (Fsp3) is 0.214. The van der Waals surface area contributed by atoms with Gasteiger partial charge in [-0.1, -0.05) is 6.08 Å². The Morgan fingerprint density at radius 1 is 1.40 bits per heavy atom. The second-order valence-electron chi connectivity index (χ2n) is 4.32. The number of carboxylic acid groups (broad SMARTS) is 1. The van der Waals surface area contributed by atoms with Crippen molar-refractivity contribution in [2.24, 2.45) is 0 Å². The SMILES string of the molecule is COc1ccc2c(c1)C(=O)C(=O)N2CC=C(C)C(=O)O. The van der Waals surface area contributed by atoms with Gasteiger partial charge >= 0.3 is 5.97 Å². The van der Waals surface area contributed by atoms with Crippen LogP contribution < -0.4 is 9.64 Å². The molecule has 0 saturated carbocycles. The Labute approximate surface area is 115 Å². The molecule has 2 rings (SSSR count). The first-order chi connectivity index (χ1) is 9.45. The van der Waals surface area contributed by atoms with Crippen LogP contribution in [0.5, 0.6) is 5.75 Å². The molecule has 1 amide bonds. The molecule has 0 aromatic heterocycles. The first-order valence-electron chi connectivity index (χ1n) is 5.90. The monoisotopic (exact) mass is 275 g/mol. The molecule has 1 N–H and O–H groups in total. The number of hydrogen-bond donors (Lipinski definition) is 1. The average Bonchev–Trinajstić information content (AvgIpc) is 2.68. The summed E-state index contributed by atoms with van der Waals surface area (Å²) in [5.74, 6) is -1.84. The van der Waals surface area contributed by atoms with Crippen LogP contribution in [0.15, 0.2) is 29.8 Å². The molecule has 1 aromatic rings. The number of carbonyl (C=O) groups excluding carboxylic acids is 2. The van der Waals surface area contributed by atoms with Crippen molar-refractivity contribution in [3.05, 3.63) is 35.4 Å². The number of benzene rings is 1. The molecule has 104 valence electrons. The number of fused-ring (bicyclic) bond motifs is 1. The highest BCUT2D eigenvalue weighted by atomic mass is 16.5. The van der Waals surface area contributed by atoms with Gasteiger partial charge in [0, 0.05) is 12.1 Å². The number of ketones is 1. The fourth-order valence-corrected chi connectivity index (χ4v) is 1.90. The Bertz CT molecular complexity index is 632. The number of rotatable bonds is 4. The molecule has 0 aliphatic carbocycles. The number of aliphatic carboxylic acids is 1. The summed E-state index contributed by atoms with van der Waals surface area (Å²) in [7, 11) is 1.47. The molecule has 0 saturated heterocycles. The van der Waals surface area contributed by atoms with Gasteiger partial charge in [0.2, 0.25) is 0 Å². The third-order valence-corrected chi connectivity index (χ3v) is 3.10. The maximum Gasteiger partial charge on any atom is 0.331 e. The van der Waals surface area contributed by atoms with Gasteiger partial charge in [-0.05, 0) is 25.1 Å². The van der Waals surface area contributed by atoms with E-state index in [1.54, 1.807) is 12.1 Å². The zero-order chi connectivity index (χ0) is 14.9. The Kier molecular flexibility index (Phi) is 3.56. The molecule has 1 heterocycles. The lowest BCUT2D eigenvalue weighted by atomic mass is 10.1. The highest BCUT2D eigenvalue weighted by Gasteiger charge is 2.35. The molecular formula is C14H13NO5. The van der Waals surface area contributed by atoms with Crippen molar-refractivity contribution in [2.45, 2.75) is 6.92 Å². The summed E-state index contributed by atoms with van der Waals surface area (Å²) < 4.78 is 5.02. The first-order valence-corrected chi connectivity index (χ1v) is 5.90. The van der Waals surface area contributed by atoms with Crippen LogP contribution in [0.25, 0.3) is 0 Å². The summed E-state index contributed by atoms with van der Waals surface area (Å²) in [5.41, 5.74) is 0.859. The number of hydrogen-bond acceptors (Lipinski definition) is 4. The Morgan fingerprint density at radius 2 is 2.10 bits per heavy atom. The van der Waals surface area contributed by atoms with E-state index in [-0.39, 0.29) is 17.7 Å². The summed E-state index contributed by atoms with van der Waals surface area (Å²) in [4.78, 5) is 35.8. The van der Waals surface area contributed by atoms with Gasteiger partial charge in [-0.2, -0.15) is 0 Å². The van der Waals surface area contributed by atoms with Gasteiger partial charge in [-0.3, -0.25) is 9.59 Å². The molecule has 6 nitrogen and oxygen atoms in total. The van der Waals surface area contributed by atoms with E-state index in [1.165, 1.54) is 31.1 Å². The van der Waals surface area contributed by atoms with Crippen LogP contribution in [-0.2, 0) is 9.59 Å². The number of amides is 1. The van der Waals surface area contributed by atoms with E-state index in [4.69, 9.17) is 9.84 Å². The number of methoxy groups -OCH3 is 1. The van der Waals surface area contributed by atoms with E-state index in [0.29, 0.717) is 11.4 Å². The topological polar surface area (TPSA) is 83.9 Å². The molecule has 0 spiro atoms. The first kappa shape index (κ1) is 13.8. The largest absolute Gasteiger partial charge is 0.497 e. The molecule has 6 heteroatoms. The van der Waals surface area contributed by atoms with Crippen molar-refractivity contribution in [2.75, 3.05) is 18.6 Å². The maximum absolute atomic E-state index is 11.9. The molecule has 0 unspecified atom stereocenters. The third-order valence-electron chi connectivity index (χ3n) is 3.10. The van der Waals surface area contributed by atoms with Crippen LogP contribution in [0.2, 0.25) is 0 Å². The van der Waals surface area contributed by atoms with Crippen molar-refractivity contribution in [1.29, 1.82) is 0 Å². The van der Waals surface area contributed by atoms with E-state index in [9.17, 15) is 14.4 Å². The second kappa shape index (κ2) is 5.16. The molecule has 0 fully saturated rings. The number of carboxylic acids is 1. The molecular weight excluding hydrogens is 262 g/mol. The van der Waals surface area contributed by atoms with Gasteiger partial charge < -0.3 is 14.7 Å². The summed E-state index contributed by atoms with van der Waals surface area (Å²) in [6.07, 6.45) is 1.40. The molecule has 1 aromatic carbocycles. The Hall–Kier alpha value is -2.63. The lowest BCUT2D eigenvalue weighted by Gasteiger charge is -2.14. The maximum atomic E-state index is 11.9. The minimum Gasteiger partial charge on any atom is -0.497 e. The number of Topliss-reactive ketones (excluding diaryl/α,β-unsaturated/α-hetero) is 1. The lowest BCUT2D eigenvalue weighted by molar-refractivity contribution is -0.132. The molecule has 20 heavy (non-hydrogen) atoms. The van der Waals surface area contributed by atoms with Crippen LogP contribution in [0.4, 0.5) is 5.69 Å². The number of ether oxygens (including phenoxy) is 1. The quantitative estimate of drug-likeness (QED) is 0.660. The minimum atomic E-state index is -1.06. The van der Waals surface area contributed by atoms with Crippen molar-refractivity contribution < 1.29 is 24.2 Å². The molecule has 1 aliphatic rings. The fourth-order valence-electron chi connectivity index (χ4n) is 1.90. The molecule has 0 atom stereocenters. The number of carbonyl (C=O) groups is 3. The zero-order valence-corrected chi connectivity index (χ0v) is 11.0. The lowest BCUT2D eigenvalue weighted by Crippen LogP contribution is -2.30. The van der Waals surface area contributed by atoms with Gasteiger partial charge in [0.1, 0.15) is 5.75 Å². The highest BCUT2D eigenvalue weighted by molar-refractivity contribution is 6.52. The van der Waals surface area contributed by atoms with Gasteiger partial charge in [0.25, 0.3) is 11.7 Å². The standard InChI is InChI=1S/C14H13NO5/c1-8(14(18)19)5-6-15-11-4-3-9(20-2)7-10(11)12(16)13(15)17/h3-5,7H,6H2,1-2H3,(H,18,19). The second-order valence-corrected chi connectivity index (χ2v) is 4.32. The van der Waals surface area contributed by atoms with Gasteiger partial charge in [-0.15, -0.1) is 0 Å². The summed E-state index contributed by atoms with van der Waals surface area (Å²) >= 11 is 0. The van der Waals surface area contributed by atoms with Crippen molar-refractivity contribution >= 4 is 23.3 Å². The van der Waals surface area contributed by atoms with Gasteiger partial charge in [-0.25, -0.2) is 4.79 Å². The Morgan fingerprint density at radius 3 is 2.70 bits per heavy atom. The van der Waals surface area contributed by atoms with Crippen LogP contribution in [-0.4, -0.2) is 36.4 Å². The van der Waals surface area contributed by atoms with E-state index >= 15 is 0 Å². The van der Waals surface area contributed by atoms with Crippen LogP contribution in [0.1, 0.15) is 17.3 Å². The van der Waals surface area contributed by atoms with Gasteiger partial charge in [0.05, 0.1) is 18.4 Å². The Balaban J connectivity index is 2.34. The average molecular weight is 275 g/mol. The highest BCUT2D eigenvalue weighted by Crippen LogP contribution is 2.31. The van der Waals surface area contributed by atoms with E-state index in [1.807, 2.05) is 0 Å². The van der Waals surface area contributed by atoms with Gasteiger partial charge in [0.15, 0.2) is 0 Å². The molecule has 1 aliphatic heterocycles. The summed E-state index contributed by atoms with van der Waals surface area (Å²) in [6, 6.07) is 4.76. The predicted molar refractivity (Wildman–Crippen MR) is 71.1 cm³/mol. The van der Waals surface area contributed by atoms with Crippen LogP contribution in [0, 0.1) is 0 Å². The van der Waals surface area contributed by atoms with Crippen molar-refractivity contribution in [3.8, 4) is 5.75 Å². The summed E-state index contributed by atoms with van der Waals surface area (Å²) in [5, 5.41) is 8.78. The normalized spacial score (nSPS) is 14.5. The number of anilines is 1. The number of nitrogens with zero attached hydrogens (tertiary/aromatic N) is 1. The van der Waals surface area contributed by atoms with Crippen LogP contribution in [0.3, 0.4) is 0 Å². The molecule has 0 bridgehead atoms. The molecule has 0 radical (unpaired) electrons. The minimum absolute atomic E-state index is 0.0437. The van der Waals surface area contributed by atoms with E-state index in [0.717, 1.165) is 0 Å². The van der Waals surface area contributed by atoms with Crippen molar-refractivity contribution in [3.63, 3.8) is 0 Å². The van der Waals surface area contributed by atoms with Crippen LogP contribution >= 0.6 is 0 Å². The van der Waals surface area contributed by atoms with Crippen molar-refractivity contribution in [1.82, 2.24) is 0 Å². The third kappa shape index (κ3) is 2.27. The predicted octanol–water partition coefficient (Wildman–Crippen LogP) is 1.26. The summed E-state index contributed by atoms with van der Waals surface area (Å²) in [6.45, 7) is 1.47. The smallest absolute Gasteiger partial charge is 0.331 e. The zero-order valence-electron chi connectivity index (χ0n) is 11.0.